The van der Waals surface area contributed by atoms with Crippen LogP contribution in [0.1, 0.15) is 64.2 Å². The van der Waals surface area contributed by atoms with Crippen LogP contribution in [0, 0.1) is 23.2 Å². The van der Waals surface area contributed by atoms with Gasteiger partial charge in [-0.15, -0.1) is 0 Å². The number of nitrogens with one attached hydrogen (secondary N) is 1. The number of hydrogen-bond donors (Lipinski definition) is 1. The van der Waals surface area contributed by atoms with E-state index in [0.29, 0.717) is 23.2 Å². The second kappa shape index (κ2) is 4.58. The first kappa shape index (κ1) is 12.4. The van der Waals surface area contributed by atoms with E-state index < -0.39 is 0 Å². The highest BCUT2D eigenvalue weighted by molar-refractivity contribution is 5.82. The minimum atomic E-state index is 0.361. The third-order valence-corrected chi connectivity index (χ3v) is 6.86. The van der Waals surface area contributed by atoms with E-state index in [-0.39, 0.29) is 0 Å². The molecule has 4 aliphatic rings. The van der Waals surface area contributed by atoms with Gasteiger partial charge in [0.15, 0.2) is 0 Å². The fourth-order valence-corrected chi connectivity index (χ4v) is 5.83. The van der Waals surface area contributed by atoms with Crippen LogP contribution < -0.4 is 5.32 Å². The molecule has 1 N–H and O–H groups in total. The molecule has 4 rings (SSSR count). The largest absolute Gasteiger partial charge is 0.313 e. The van der Waals surface area contributed by atoms with E-state index in [4.69, 9.17) is 0 Å². The van der Waals surface area contributed by atoms with Crippen molar-refractivity contribution in [2.75, 3.05) is 6.54 Å². The maximum Gasteiger partial charge on any atom is 0.137 e. The van der Waals surface area contributed by atoms with E-state index >= 15 is 0 Å². The molecule has 0 bridgehead atoms. The Kier molecular flexibility index (Phi) is 2.98. The van der Waals surface area contributed by atoms with E-state index in [1.165, 1.54) is 64.3 Å². The number of ketones is 1. The second-order valence-corrected chi connectivity index (χ2v) is 7.77. The quantitative estimate of drug-likeness (QED) is 0.784. The molecule has 1 spiro atoms. The van der Waals surface area contributed by atoms with Crippen LogP contribution in [0.25, 0.3) is 0 Å². The zero-order valence-corrected chi connectivity index (χ0v) is 12.0. The van der Waals surface area contributed by atoms with Crippen LogP contribution in [-0.4, -0.2) is 18.4 Å². The Labute approximate surface area is 116 Å². The van der Waals surface area contributed by atoms with Crippen LogP contribution in [0.15, 0.2) is 0 Å². The molecule has 0 aromatic heterocycles. The average Bonchev–Trinajstić information content (AvgIpc) is 3.10. The van der Waals surface area contributed by atoms with E-state index in [0.717, 1.165) is 18.3 Å². The summed E-state index contributed by atoms with van der Waals surface area (Å²) < 4.78 is 0. The Morgan fingerprint density at radius 1 is 1.05 bits per heavy atom. The number of rotatable bonds is 1. The maximum atomic E-state index is 12.5. The molecule has 2 nitrogen and oxygen atoms in total. The van der Waals surface area contributed by atoms with Crippen molar-refractivity contribution >= 4 is 5.78 Å². The lowest BCUT2D eigenvalue weighted by atomic mass is 9.64. The molecular weight excluding hydrogens is 234 g/mol. The van der Waals surface area contributed by atoms with Gasteiger partial charge in [-0.25, -0.2) is 0 Å². The standard InChI is InChI=1S/C17H27NO/c19-15-6-9-17(7-1-2-8-17)10-14(15)16-13-5-3-4-12(13)11-18-16/h12-14,16,18H,1-11H2. The van der Waals surface area contributed by atoms with Crippen LogP contribution in [0.3, 0.4) is 0 Å². The van der Waals surface area contributed by atoms with Gasteiger partial charge < -0.3 is 5.32 Å². The summed E-state index contributed by atoms with van der Waals surface area (Å²) in [6, 6.07) is 0.540. The van der Waals surface area contributed by atoms with Crippen molar-refractivity contribution in [3.8, 4) is 0 Å². The summed E-state index contributed by atoms with van der Waals surface area (Å²) in [7, 11) is 0. The molecule has 4 fully saturated rings. The monoisotopic (exact) mass is 261 g/mol. The number of carbonyl (C=O) groups is 1. The topological polar surface area (TPSA) is 29.1 Å². The lowest BCUT2D eigenvalue weighted by Gasteiger charge is -2.41. The minimum Gasteiger partial charge on any atom is -0.313 e. The summed E-state index contributed by atoms with van der Waals surface area (Å²) in [6.45, 7) is 1.19. The molecule has 4 atom stereocenters. The third kappa shape index (κ3) is 1.98. The van der Waals surface area contributed by atoms with Gasteiger partial charge in [-0.2, -0.15) is 0 Å². The fraction of sp³-hybridized carbons (Fsp3) is 0.941. The highest BCUT2D eigenvalue weighted by Crippen LogP contribution is 2.52. The van der Waals surface area contributed by atoms with Gasteiger partial charge in [-0.05, 0) is 62.3 Å². The molecule has 0 aromatic carbocycles. The Morgan fingerprint density at radius 3 is 2.74 bits per heavy atom. The zero-order valence-electron chi connectivity index (χ0n) is 12.0. The van der Waals surface area contributed by atoms with Gasteiger partial charge in [0, 0.05) is 18.4 Å². The summed E-state index contributed by atoms with van der Waals surface area (Å²) in [4.78, 5) is 12.5. The van der Waals surface area contributed by atoms with Gasteiger partial charge in [0.2, 0.25) is 0 Å². The summed E-state index contributed by atoms with van der Waals surface area (Å²) in [5, 5.41) is 3.74. The first-order valence-corrected chi connectivity index (χ1v) is 8.54. The van der Waals surface area contributed by atoms with Gasteiger partial charge in [0.1, 0.15) is 5.78 Å². The molecule has 0 aromatic rings. The van der Waals surface area contributed by atoms with Crippen molar-refractivity contribution in [1.29, 1.82) is 0 Å². The molecule has 106 valence electrons. The molecule has 3 saturated carbocycles. The first-order valence-electron chi connectivity index (χ1n) is 8.54. The summed E-state index contributed by atoms with van der Waals surface area (Å²) in [5.41, 5.74) is 0.566. The summed E-state index contributed by atoms with van der Waals surface area (Å²) in [5.74, 6) is 2.66. The van der Waals surface area contributed by atoms with Crippen LogP contribution in [0.5, 0.6) is 0 Å². The van der Waals surface area contributed by atoms with Gasteiger partial charge in [0.05, 0.1) is 0 Å². The van der Waals surface area contributed by atoms with E-state index in [2.05, 4.69) is 5.32 Å². The maximum absolute atomic E-state index is 12.5. The van der Waals surface area contributed by atoms with Crippen LogP contribution in [0.4, 0.5) is 0 Å². The molecule has 1 saturated heterocycles. The average molecular weight is 261 g/mol. The number of Topliss-reactive ketones (excluding diaryl/α,β-unsaturated/α-hetero) is 1. The van der Waals surface area contributed by atoms with E-state index in [9.17, 15) is 4.79 Å². The highest BCUT2D eigenvalue weighted by Gasteiger charge is 2.49. The number of carbonyl (C=O) groups excluding carboxylic acids is 1. The third-order valence-electron chi connectivity index (χ3n) is 6.86. The van der Waals surface area contributed by atoms with Crippen LogP contribution in [-0.2, 0) is 4.79 Å². The van der Waals surface area contributed by atoms with Crippen molar-refractivity contribution < 1.29 is 4.79 Å². The molecule has 1 aliphatic heterocycles. The fourth-order valence-electron chi connectivity index (χ4n) is 5.83. The number of fused-ring (bicyclic) bond motifs is 1. The van der Waals surface area contributed by atoms with Gasteiger partial charge >= 0.3 is 0 Å². The molecule has 0 amide bonds. The second-order valence-electron chi connectivity index (χ2n) is 7.77. The van der Waals surface area contributed by atoms with Crippen molar-refractivity contribution in [3.63, 3.8) is 0 Å². The smallest absolute Gasteiger partial charge is 0.137 e. The Hall–Kier alpha value is -0.370. The van der Waals surface area contributed by atoms with Crippen molar-refractivity contribution in [1.82, 2.24) is 5.32 Å². The van der Waals surface area contributed by atoms with Gasteiger partial charge in [-0.3, -0.25) is 4.79 Å². The summed E-state index contributed by atoms with van der Waals surface area (Å²) in [6.07, 6.45) is 13.1. The first-order chi connectivity index (χ1) is 9.27. The Morgan fingerprint density at radius 2 is 1.89 bits per heavy atom. The lowest BCUT2D eigenvalue weighted by Crippen LogP contribution is -2.45. The van der Waals surface area contributed by atoms with Crippen molar-refractivity contribution in [2.45, 2.75) is 70.3 Å². The predicted octanol–water partition coefficient (Wildman–Crippen LogP) is 3.30. The van der Waals surface area contributed by atoms with Crippen LogP contribution in [0.2, 0.25) is 0 Å². The number of hydrogen-bond acceptors (Lipinski definition) is 2. The molecule has 1 heterocycles. The van der Waals surface area contributed by atoms with Crippen molar-refractivity contribution in [2.24, 2.45) is 23.2 Å². The molecular formula is C17H27NO. The van der Waals surface area contributed by atoms with Gasteiger partial charge in [0.25, 0.3) is 0 Å². The van der Waals surface area contributed by atoms with Crippen molar-refractivity contribution in [3.05, 3.63) is 0 Å². The van der Waals surface area contributed by atoms with E-state index in [1.54, 1.807) is 0 Å². The summed E-state index contributed by atoms with van der Waals surface area (Å²) >= 11 is 0. The SMILES string of the molecule is O=C1CCC2(CCCC2)CC1C1NCC2CCCC21. The molecule has 3 aliphatic carbocycles. The molecule has 2 heteroatoms. The molecule has 0 radical (unpaired) electrons. The zero-order chi connectivity index (χ0) is 12.9. The lowest BCUT2D eigenvalue weighted by molar-refractivity contribution is -0.129. The highest BCUT2D eigenvalue weighted by atomic mass is 16.1. The van der Waals surface area contributed by atoms with E-state index in [1.807, 2.05) is 0 Å². The molecule has 4 unspecified atom stereocenters. The Bertz CT molecular complexity index is 371. The minimum absolute atomic E-state index is 0.361. The Balaban J connectivity index is 1.53. The molecule has 19 heavy (non-hydrogen) atoms. The van der Waals surface area contributed by atoms with Gasteiger partial charge in [-0.1, -0.05) is 19.3 Å². The van der Waals surface area contributed by atoms with Crippen LogP contribution >= 0.6 is 0 Å². The normalized spacial score (nSPS) is 44.9. The predicted molar refractivity (Wildman–Crippen MR) is 75.9 cm³/mol.